The number of nitrogens with one attached hydrogen (secondary N) is 3. The third kappa shape index (κ3) is 4.89. The lowest BCUT2D eigenvalue weighted by atomic mass is 10.3. The van der Waals surface area contributed by atoms with Gasteiger partial charge in [-0.1, -0.05) is 0 Å². The molecule has 2 aromatic heterocycles. The van der Waals surface area contributed by atoms with Crippen molar-refractivity contribution in [2.24, 2.45) is 0 Å². The van der Waals surface area contributed by atoms with E-state index in [1.54, 1.807) is 25.4 Å². The molecule has 22 heavy (non-hydrogen) atoms. The quantitative estimate of drug-likeness (QED) is 0.625. The number of anilines is 1. The fraction of sp³-hybridized carbons (Fsp3) is 0.286. The first kappa shape index (κ1) is 15.5. The number of hydrogen-bond donors (Lipinski definition) is 3. The molecular formula is C14H17N5O3. The molecule has 0 spiro atoms. The lowest BCUT2D eigenvalue weighted by molar-refractivity contribution is -0.123. The lowest BCUT2D eigenvalue weighted by Gasteiger charge is -2.08. The molecule has 0 unspecified atom stereocenters. The zero-order valence-electron chi connectivity index (χ0n) is 12.1. The second kappa shape index (κ2) is 7.77. The van der Waals surface area contributed by atoms with Gasteiger partial charge >= 0.3 is 0 Å². The Morgan fingerprint density at radius 1 is 1.32 bits per heavy atom. The number of rotatable bonds is 7. The molecule has 8 nitrogen and oxygen atoms in total. The van der Waals surface area contributed by atoms with E-state index in [2.05, 4.69) is 25.6 Å². The highest BCUT2D eigenvalue weighted by Gasteiger charge is 2.05. The van der Waals surface area contributed by atoms with E-state index in [1.165, 1.54) is 12.3 Å². The normalized spacial score (nSPS) is 10.0. The van der Waals surface area contributed by atoms with Gasteiger partial charge in [-0.05, 0) is 13.0 Å². The summed E-state index contributed by atoms with van der Waals surface area (Å²) >= 11 is 0. The van der Waals surface area contributed by atoms with Gasteiger partial charge in [-0.15, -0.1) is 0 Å². The molecule has 0 radical (unpaired) electrons. The minimum atomic E-state index is -0.309. The number of pyridine rings is 1. The van der Waals surface area contributed by atoms with Crippen LogP contribution in [0.4, 0.5) is 5.95 Å². The minimum absolute atomic E-state index is 0.122. The molecule has 0 aliphatic carbocycles. The smallest absolute Gasteiger partial charge is 0.258 e. The molecule has 0 saturated heterocycles. The molecule has 3 N–H and O–H groups in total. The predicted molar refractivity (Wildman–Crippen MR) is 80.8 cm³/mol. The molecule has 0 atom stereocenters. The molecule has 0 aromatic carbocycles. The first-order valence-electron chi connectivity index (χ1n) is 6.75. The van der Waals surface area contributed by atoms with Crippen LogP contribution in [0.25, 0.3) is 0 Å². The van der Waals surface area contributed by atoms with Gasteiger partial charge in [0.05, 0.1) is 0 Å². The van der Waals surface area contributed by atoms with Crippen LogP contribution in [0.1, 0.15) is 5.69 Å². The van der Waals surface area contributed by atoms with Gasteiger partial charge in [0, 0.05) is 43.4 Å². The fourth-order valence-corrected chi connectivity index (χ4v) is 1.63. The van der Waals surface area contributed by atoms with Gasteiger partial charge in [-0.2, -0.15) is 0 Å². The van der Waals surface area contributed by atoms with Gasteiger partial charge in [0.1, 0.15) is 0 Å². The molecule has 0 aliphatic heterocycles. The fourth-order valence-electron chi connectivity index (χ4n) is 1.63. The molecule has 8 heteroatoms. The summed E-state index contributed by atoms with van der Waals surface area (Å²) in [5, 5.41) is 5.62. The topological polar surface area (TPSA) is 109 Å². The van der Waals surface area contributed by atoms with Gasteiger partial charge in [0.2, 0.25) is 11.4 Å². The molecule has 0 bridgehead atoms. The van der Waals surface area contributed by atoms with Crippen molar-refractivity contribution < 1.29 is 9.53 Å². The molecule has 0 fully saturated rings. The van der Waals surface area contributed by atoms with Crippen molar-refractivity contribution in [1.82, 2.24) is 20.3 Å². The van der Waals surface area contributed by atoms with Crippen LogP contribution in [0, 0.1) is 6.92 Å². The molecule has 116 valence electrons. The summed E-state index contributed by atoms with van der Waals surface area (Å²) in [5.41, 5.74) is 0.475. The number of H-pyrrole nitrogens is 1. The van der Waals surface area contributed by atoms with Crippen molar-refractivity contribution in [3.63, 3.8) is 0 Å². The molecule has 1 amide bonds. The number of ether oxygens (including phenoxy) is 1. The zero-order valence-corrected chi connectivity index (χ0v) is 12.1. The monoisotopic (exact) mass is 303 g/mol. The number of hydrogen-bond acceptors (Lipinski definition) is 6. The predicted octanol–water partition coefficient (Wildman–Crippen LogP) is 0.0804. The number of nitrogens with zero attached hydrogens (tertiary/aromatic N) is 2. The zero-order chi connectivity index (χ0) is 15.8. The maximum atomic E-state index is 11.6. The van der Waals surface area contributed by atoms with Crippen LogP contribution in [0.15, 0.2) is 35.5 Å². The standard InChI is InChI=1S/C14H17N5O3/c1-10-7-11(20)12(8-19-10)22-9-13(21)15-5-6-18-14-16-3-2-4-17-14/h2-4,7-8H,5-6,9H2,1H3,(H,15,21)(H,19,20)(H,16,17,18). The maximum absolute atomic E-state index is 11.6. The Bertz CT molecular complexity index is 672. The number of aryl methyl sites for hydroxylation is 1. The summed E-state index contributed by atoms with van der Waals surface area (Å²) in [6, 6.07) is 3.13. The van der Waals surface area contributed by atoms with E-state index in [0.717, 1.165) is 5.69 Å². The SMILES string of the molecule is Cc1cc(=O)c(OCC(=O)NCCNc2ncccn2)c[nH]1. The van der Waals surface area contributed by atoms with Crippen LogP contribution >= 0.6 is 0 Å². The Labute approximate surface area is 127 Å². The van der Waals surface area contributed by atoms with E-state index < -0.39 is 0 Å². The Hall–Kier alpha value is -2.90. The lowest BCUT2D eigenvalue weighted by Crippen LogP contribution is -2.33. The van der Waals surface area contributed by atoms with Crippen molar-refractivity contribution >= 4 is 11.9 Å². The number of carbonyl (C=O) groups excluding carboxylic acids is 1. The molecule has 0 aliphatic rings. The molecular weight excluding hydrogens is 286 g/mol. The van der Waals surface area contributed by atoms with Crippen molar-refractivity contribution in [1.29, 1.82) is 0 Å². The van der Waals surface area contributed by atoms with Crippen LogP contribution in [0.2, 0.25) is 0 Å². The summed E-state index contributed by atoms with van der Waals surface area (Å²) < 4.78 is 5.17. The van der Waals surface area contributed by atoms with E-state index >= 15 is 0 Å². The van der Waals surface area contributed by atoms with E-state index in [-0.39, 0.29) is 23.7 Å². The maximum Gasteiger partial charge on any atom is 0.258 e. The van der Waals surface area contributed by atoms with Crippen molar-refractivity contribution in [3.8, 4) is 5.75 Å². The largest absolute Gasteiger partial charge is 0.478 e. The van der Waals surface area contributed by atoms with Crippen LogP contribution in [-0.4, -0.2) is 40.6 Å². The Balaban J connectivity index is 1.67. The first-order chi connectivity index (χ1) is 10.6. The second-order valence-corrected chi connectivity index (χ2v) is 4.48. The van der Waals surface area contributed by atoms with Gasteiger partial charge < -0.3 is 20.4 Å². The Morgan fingerprint density at radius 3 is 2.82 bits per heavy atom. The molecule has 2 rings (SSSR count). The highest BCUT2D eigenvalue weighted by atomic mass is 16.5. The van der Waals surface area contributed by atoms with Gasteiger partial charge in [-0.25, -0.2) is 9.97 Å². The Morgan fingerprint density at radius 2 is 2.09 bits per heavy atom. The van der Waals surface area contributed by atoms with E-state index in [9.17, 15) is 9.59 Å². The summed E-state index contributed by atoms with van der Waals surface area (Å²) in [5.74, 6) is 0.312. The van der Waals surface area contributed by atoms with Crippen LogP contribution in [0.5, 0.6) is 5.75 Å². The minimum Gasteiger partial charge on any atom is -0.478 e. The van der Waals surface area contributed by atoms with Gasteiger partial charge in [0.15, 0.2) is 12.4 Å². The third-order valence-electron chi connectivity index (χ3n) is 2.68. The van der Waals surface area contributed by atoms with Gasteiger partial charge in [-0.3, -0.25) is 9.59 Å². The highest BCUT2D eigenvalue weighted by molar-refractivity contribution is 5.77. The van der Waals surface area contributed by atoms with E-state index in [1.807, 2.05) is 0 Å². The summed E-state index contributed by atoms with van der Waals surface area (Å²) in [4.78, 5) is 34.0. The van der Waals surface area contributed by atoms with Crippen molar-refractivity contribution in [2.75, 3.05) is 25.0 Å². The van der Waals surface area contributed by atoms with Crippen molar-refractivity contribution in [2.45, 2.75) is 6.92 Å². The molecule has 0 saturated carbocycles. The van der Waals surface area contributed by atoms with E-state index in [4.69, 9.17) is 4.74 Å². The van der Waals surface area contributed by atoms with E-state index in [0.29, 0.717) is 19.0 Å². The van der Waals surface area contributed by atoms with Crippen molar-refractivity contribution in [3.05, 3.63) is 46.6 Å². The molecule has 2 aromatic rings. The first-order valence-corrected chi connectivity index (χ1v) is 6.75. The van der Waals surface area contributed by atoms with Crippen LogP contribution in [-0.2, 0) is 4.79 Å². The van der Waals surface area contributed by atoms with Crippen LogP contribution in [0.3, 0.4) is 0 Å². The number of amides is 1. The van der Waals surface area contributed by atoms with Gasteiger partial charge in [0.25, 0.3) is 5.91 Å². The summed E-state index contributed by atoms with van der Waals surface area (Å²) in [6.45, 7) is 2.43. The average Bonchev–Trinajstić information content (AvgIpc) is 2.52. The summed E-state index contributed by atoms with van der Waals surface area (Å²) in [6.07, 6.45) is 4.70. The number of aromatic amines is 1. The average molecular weight is 303 g/mol. The third-order valence-corrected chi connectivity index (χ3v) is 2.68. The molecule has 2 heterocycles. The Kier molecular flexibility index (Phi) is 5.47. The summed E-state index contributed by atoms with van der Waals surface area (Å²) in [7, 11) is 0. The number of carbonyl (C=O) groups is 1. The van der Waals surface area contributed by atoms with Crippen LogP contribution < -0.4 is 20.8 Å². The number of aromatic nitrogens is 3. The highest BCUT2D eigenvalue weighted by Crippen LogP contribution is 2.00. The second-order valence-electron chi connectivity index (χ2n) is 4.48.